The summed E-state index contributed by atoms with van der Waals surface area (Å²) >= 11 is 5.86. The Kier molecular flexibility index (Phi) is 6.48. The summed E-state index contributed by atoms with van der Waals surface area (Å²) in [6, 6.07) is 9.60. The number of primary amides is 1. The van der Waals surface area contributed by atoms with Crippen LogP contribution < -0.4 is 15.8 Å². The third-order valence-electron chi connectivity index (χ3n) is 5.20. The Morgan fingerprint density at radius 1 is 1.16 bits per heavy atom. The first kappa shape index (κ1) is 21.3. The van der Waals surface area contributed by atoms with Gasteiger partial charge < -0.3 is 15.8 Å². The van der Waals surface area contributed by atoms with E-state index in [-0.39, 0.29) is 10.8 Å². The van der Waals surface area contributed by atoms with Crippen LogP contribution in [0.4, 0.5) is 15.9 Å². The summed E-state index contributed by atoms with van der Waals surface area (Å²) in [5.41, 5.74) is 6.44. The molecular weight excluding hydrogens is 421 g/mol. The number of benzene rings is 2. The van der Waals surface area contributed by atoms with Crippen LogP contribution in [0.25, 0.3) is 10.9 Å². The highest BCUT2D eigenvalue weighted by atomic mass is 35.5. The van der Waals surface area contributed by atoms with Crippen molar-refractivity contribution >= 4 is 39.9 Å². The number of hydrogen-bond acceptors (Lipinski definition) is 6. The van der Waals surface area contributed by atoms with Crippen LogP contribution in [0.3, 0.4) is 0 Å². The van der Waals surface area contributed by atoms with Crippen molar-refractivity contribution in [3.63, 3.8) is 0 Å². The number of rotatable bonds is 7. The second-order valence-corrected chi connectivity index (χ2v) is 7.85. The second kappa shape index (κ2) is 9.45. The van der Waals surface area contributed by atoms with Crippen LogP contribution in [0.1, 0.15) is 29.9 Å². The highest BCUT2D eigenvalue weighted by Gasteiger charge is 2.14. The molecule has 162 valence electrons. The Bertz CT molecular complexity index is 1100. The van der Waals surface area contributed by atoms with Gasteiger partial charge in [-0.15, -0.1) is 0 Å². The van der Waals surface area contributed by atoms with Gasteiger partial charge in [-0.05, 0) is 56.3 Å². The summed E-state index contributed by atoms with van der Waals surface area (Å²) in [4.78, 5) is 22.6. The third-order valence-corrected chi connectivity index (χ3v) is 5.49. The second-order valence-electron chi connectivity index (χ2n) is 7.44. The molecule has 0 bridgehead atoms. The Morgan fingerprint density at radius 2 is 1.97 bits per heavy atom. The number of amides is 1. The van der Waals surface area contributed by atoms with Crippen LogP contribution in [-0.2, 0) is 0 Å². The zero-order valence-electron chi connectivity index (χ0n) is 16.9. The molecule has 31 heavy (non-hydrogen) atoms. The predicted octanol–water partition coefficient (Wildman–Crippen LogP) is 4.13. The number of piperidine rings is 1. The van der Waals surface area contributed by atoms with E-state index in [1.165, 1.54) is 37.5 Å². The van der Waals surface area contributed by atoms with Crippen LogP contribution in [0.15, 0.2) is 36.4 Å². The number of nitrogens with one attached hydrogen (secondary N) is 1. The molecule has 7 nitrogen and oxygen atoms in total. The third kappa shape index (κ3) is 5.21. The van der Waals surface area contributed by atoms with E-state index in [0.717, 1.165) is 19.6 Å². The molecule has 0 aliphatic carbocycles. The number of carbonyl (C=O) groups is 1. The van der Waals surface area contributed by atoms with E-state index in [9.17, 15) is 9.18 Å². The summed E-state index contributed by atoms with van der Waals surface area (Å²) in [5, 5.41) is 3.69. The fourth-order valence-corrected chi connectivity index (χ4v) is 3.77. The molecule has 3 N–H and O–H groups in total. The number of carbonyl (C=O) groups excluding carboxylic acids is 1. The maximum Gasteiger partial charge on any atom is 0.286 e. The van der Waals surface area contributed by atoms with Crippen molar-refractivity contribution in [3.8, 4) is 5.75 Å². The lowest BCUT2D eigenvalue weighted by Crippen LogP contribution is -2.33. The molecule has 2 aromatic carbocycles. The molecule has 2 heterocycles. The van der Waals surface area contributed by atoms with E-state index >= 15 is 0 Å². The maximum absolute atomic E-state index is 13.5. The van der Waals surface area contributed by atoms with Crippen LogP contribution >= 0.6 is 11.6 Å². The molecule has 1 fully saturated rings. The van der Waals surface area contributed by atoms with E-state index in [1.54, 1.807) is 6.07 Å². The van der Waals surface area contributed by atoms with Gasteiger partial charge in [-0.2, -0.15) is 0 Å². The summed E-state index contributed by atoms with van der Waals surface area (Å²) in [6.45, 7) is 3.66. The zero-order valence-corrected chi connectivity index (χ0v) is 17.7. The molecule has 1 amide bonds. The van der Waals surface area contributed by atoms with Crippen molar-refractivity contribution in [3.05, 3.63) is 53.1 Å². The lowest BCUT2D eigenvalue weighted by atomic mass is 10.1. The topological polar surface area (TPSA) is 93.4 Å². The van der Waals surface area contributed by atoms with E-state index in [2.05, 4.69) is 20.2 Å². The average Bonchev–Trinajstić information content (AvgIpc) is 2.76. The van der Waals surface area contributed by atoms with E-state index < -0.39 is 11.7 Å². The van der Waals surface area contributed by atoms with Gasteiger partial charge in [0.05, 0.1) is 10.5 Å². The predicted molar refractivity (Wildman–Crippen MR) is 119 cm³/mol. The standard InChI is InChI=1S/C22H23ClFN5O2/c23-17-12-14(4-7-18(17)24)26-21-16-6-5-15(13-19(16)27-22(28-21)20(25)30)31-11-10-29-8-2-1-3-9-29/h4-7,12-13H,1-3,8-11H2,(H2,25,30)(H,26,27,28). The van der Waals surface area contributed by atoms with Gasteiger partial charge in [-0.3, -0.25) is 9.69 Å². The fourth-order valence-electron chi connectivity index (χ4n) is 3.59. The number of nitrogens with zero attached hydrogens (tertiary/aromatic N) is 3. The first-order valence-corrected chi connectivity index (χ1v) is 10.6. The van der Waals surface area contributed by atoms with Crippen molar-refractivity contribution in [1.29, 1.82) is 0 Å². The number of hydrogen-bond donors (Lipinski definition) is 2. The zero-order chi connectivity index (χ0) is 21.8. The van der Waals surface area contributed by atoms with Gasteiger partial charge in [0.1, 0.15) is 24.0 Å². The van der Waals surface area contributed by atoms with Crippen molar-refractivity contribution in [2.45, 2.75) is 19.3 Å². The average molecular weight is 444 g/mol. The van der Waals surface area contributed by atoms with Crippen molar-refractivity contribution < 1.29 is 13.9 Å². The molecule has 1 aliphatic heterocycles. The molecule has 0 unspecified atom stereocenters. The molecule has 1 aromatic heterocycles. The Balaban J connectivity index is 1.57. The van der Waals surface area contributed by atoms with Gasteiger partial charge >= 0.3 is 0 Å². The number of fused-ring (bicyclic) bond motifs is 1. The van der Waals surface area contributed by atoms with Crippen molar-refractivity contribution in [1.82, 2.24) is 14.9 Å². The molecule has 0 saturated carbocycles. The Morgan fingerprint density at radius 3 is 2.71 bits per heavy atom. The highest BCUT2D eigenvalue weighted by molar-refractivity contribution is 6.31. The quantitative estimate of drug-likeness (QED) is 0.570. The molecule has 1 saturated heterocycles. The number of nitrogens with two attached hydrogens (primary N) is 1. The van der Waals surface area contributed by atoms with Gasteiger partial charge in [0.15, 0.2) is 0 Å². The molecule has 1 aliphatic rings. The number of ether oxygens (including phenoxy) is 1. The molecule has 0 spiro atoms. The molecule has 0 radical (unpaired) electrons. The molecule has 4 rings (SSSR count). The van der Waals surface area contributed by atoms with Gasteiger partial charge in [0.2, 0.25) is 5.82 Å². The SMILES string of the molecule is NC(=O)c1nc(Nc2ccc(F)c(Cl)c2)c2ccc(OCCN3CCCCC3)cc2n1. The Labute approximate surface area is 184 Å². The molecular formula is C22H23ClFN5O2. The minimum Gasteiger partial charge on any atom is -0.492 e. The van der Waals surface area contributed by atoms with Gasteiger partial charge in [0, 0.05) is 23.7 Å². The van der Waals surface area contributed by atoms with Gasteiger partial charge in [-0.25, -0.2) is 14.4 Å². The van der Waals surface area contributed by atoms with Crippen LogP contribution in [0, 0.1) is 5.82 Å². The summed E-state index contributed by atoms with van der Waals surface area (Å²) < 4.78 is 19.4. The molecule has 3 aromatic rings. The minimum atomic E-state index is -0.751. The van der Waals surface area contributed by atoms with Crippen LogP contribution in [0.2, 0.25) is 5.02 Å². The monoisotopic (exact) mass is 443 g/mol. The molecule has 0 atom stereocenters. The summed E-state index contributed by atoms with van der Waals surface area (Å²) in [7, 11) is 0. The van der Waals surface area contributed by atoms with Crippen LogP contribution in [0.5, 0.6) is 5.75 Å². The normalized spacial score (nSPS) is 14.5. The van der Waals surface area contributed by atoms with Gasteiger partial charge in [0.25, 0.3) is 5.91 Å². The number of likely N-dealkylation sites (tertiary alicyclic amines) is 1. The number of halogens is 2. The number of aromatic nitrogens is 2. The summed E-state index contributed by atoms with van der Waals surface area (Å²) in [5.74, 6) is -0.396. The first-order valence-electron chi connectivity index (χ1n) is 10.2. The summed E-state index contributed by atoms with van der Waals surface area (Å²) in [6.07, 6.45) is 3.76. The maximum atomic E-state index is 13.5. The van der Waals surface area contributed by atoms with E-state index in [4.69, 9.17) is 22.1 Å². The van der Waals surface area contributed by atoms with E-state index in [1.807, 2.05) is 12.1 Å². The lowest BCUT2D eigenvalue weighted by molar-refractivity contribution is 0.0991. The largest absolute Gasteiger partial charge is 0.492 e. The lowest BCUT2D eigenvalue weighted by Gasteiger charge is -2.26. The minimum absolute atomic E-state index is 0.0251. The first-order chi connectivity index (χ1) is 15.0. The van der Waals surface area contributed by atoms with E-state index in [0.29, 0.717) is 34.8 Å². The van der Waals surface area contributed by atoms with Crippen molar-refractivity contribution in [2.75, 3.05) is 31.6 Å². The Hall–Kier alpha value is -2.97. The number of anilines is 2. The smallest absolute Gasteiger partial charge is 0.286 e. The molecule has 9 heteroatoms. The van der Waals surface area contributed by atoms with Crippen LogP contribution in [-0.4, -0.2) is 47.0 Å². The van der Waals surface area contributed by atoms with Crippen molar-refractivity contribution in [2.24, 2.45) is 5.73 Å². The van der Waals surface area contributed by atoms with Gasteiger partial charge in [-0.1, -0.05) is 18.0 Å². The fraction of sp³-hybridized carbons (Fsp3) is 0.318. The highest BCUT2D eigenvalue weighted by Crippen LogP contribution is 2.28.